The minimum atomic E-state index is -0.0565. The van der Waals surface area contributed by atoms with E-state index in [1.165, 1.54) is 0 Å². The molecule has 1 aromatic carbocycles. The summed E-state index contributed by atoms with van der Waals surface area (Å²) in [5, 5.41) is 4.53. The molecule has 1 aliphatic rings. The van der Waals surface area contributed by atoms with E-state index in [1.807, 2.05) is 17.0 Å². The molecule has 1 amide bonds. The Balaban J connectivity index is 1.77. The third-order valence-corrected chi connectivity index (χ3v) is 4.14. The predicted octanol–water partition coefficient (Wildman–Crippen LogP) is 3.87. The van der Waals surface area contributed by atoms with E-state index in [1.54, 1.807) is 18.2 Å². The fourth-order valence-corrected chi connectivity index (χ4v) is 2.72. The monoisotopic (exact) mass is 304 g/mol. The van der Waals surface area contributed by atoms with Crippen LogP contribution in [0.3, 0.4) is 0 Å². The summed E-state index contributed by atoms with van der Waals surface area (Å²) in [6, 6.07) is 8.99. The summed E-state index contributed by atoms with van der Waals surface area (Å²) in [6.07, 6.45) is 2.09. The third kappa shape index (κ3) is 3.10. The van der Waals surface area contributed by atoms with Gasteiger partial charge in [-0.25, -0.2) is 0 Å². The van der Waals surface area contributed by atoms with Crippen molar-refractivity contribution >= 4 is 17.5 Å². The minimum absolute atomic E-state index is 0.0565. The molecular formula is C16H17ClN2O2. The lowest BCUT2D eigenvalue weighted by Crippen LogP contribution is -2.38. The van der Waals surface area contributed by atoms with Crippen molar-refractivity contribution in [1.82, 2.24) is 10.1 Å². The van der Waals surface area contributed by atoms with Gasteiger partial charge < -0.3 is 9.42 Å². The van der Waals surface area contributed by atoms with E-state index in [9.17, 15) is 4.79 Å². The van der Waals surface area contributed by atoms with Gasteiger partial charge in [-0.05, 0) is 30.9 Å². The lowest BCUT2D eigenvalue weighted by Gasteiger charge is -2.29. The molecule has 1 saturated heterocycles. The molecule has 0 spiro atoms. The van der Waals surface area contributed by atoms with Crippen molar-refractivity contribution in [2.75, 3.05) is 13.1 Å². The molecule has 0 saturated carbocycles. The van der Waals surface area contributed by atoms with Gasteiger partial charge in [0.2, 0.25) is 0 Å². The highest BCUT2D eigenvalue weighted by Crippen LogP contribution is 2.24. The maximum absolute atomic E-state index is 12.4. The molecule has 1 aliphatic heterocycles. The van der Waals surface area contributed by atoms with Crippen LogP contribution in [0.4, 0.5) is 0 Å². The van der Waals surface area contributed by atoms with Gasteiger partial charge in [-0.1, -0.05) is 35.8 Å². The molecule has 0 unspecified atom stereocenters. The summed E-state index contributed by atoms with van der Waals surface area (Å²) in [7, 11) is 0. The van der Waals surface area contributed by atoms with Crippen LogP contribution < -0.4 is 0 Å². The van der Waals surface area contributed by atoms with Gasteiger partial charge in [0, 0.05) is 29.7 Å². The standard InChI is InChI=1S/C16H17ClN2O2/c1-11-5-7-19(8-6-11)16(20)14-10-15(21-18-14)12-3-2-4-13(17)9-12/h2-4,9-11H,5-8H2,1H3. The van der Waals surface area contributed by atoms with Gasteiger partial charge in [-0.15, -0.1) is 0 Å². The number of amides is 1. The SMILES string of the molecule is CC1CCN(C(=O)c2cc(-c3cccc(Cl)c3)on2)CC1. The van der Waals surface area contributed by atoms with Crippen molar-refractivity contribution in [1.29, 1.82) is 0 Å². The molecule has 0 N–H and O–H groups in total. The maximum Gasteiger partial charge on any atom is 0.276 e. The number of carbonyl (C=O) groups excluding carboxylic acids is 1. The topological polar surface area (TPSA) is 46.3 Å². The Bertz CT molecular complexity index is 645. The molecule has 110 valence electrons. The van der Waals surface area contributed by atoms with Crippen molar-refractivity contribution in [3.63, 3.8) is 0 Å². The first-order valence-corrected chi connectivity index (χ1v) is 7.53. The average molecular weight is 305 g/mol. The van der Waals surface area contributed by atoms with Crippen LogP contribution >= 0.6 is 11.6 Å². The Kier molecular flexibility index (Phi) is 3.97. The average Bonchev–Trinajstić information content (AvgIpc) is 2.97. The summed E-state index contributed by atoms with van der Waals surface area (Å²) in [5.41, 5.74) is 1.18. The number of piperidine rings is 1. The second-order valence-corrected chi connectivity index (χ2v) is 6.00. The van der Waals surface area contributed by atoms with Gasteiger partial charge in [-0.3, -0.25) is 4.79 Å². The smallest absolute Gasteiger partial charge is 0.276 e. The third-order valence-electron chi connectivity index (χ3n) is 3.91. The zero-order valence-electron chi connectivity index (χ0n) is 11.9. The zero-order valence-corrected chi connectivity index (χ0v) is 12.6. The first kappa shape index (κ1) is 14.1. The number of hydrogen-bond acceptors (Lipinski definition) is 3. The fraction of sp³-hybridized carbons (Fsp3) is 0.375. The van der Waals surface area contributed by atoms with E-state index >= 15 is 0 Å². The molecule has 4 nitrogen and oxygen atoms in total. The highest BCUT2D eigenvalue weighted by molar-refractivity contribution is 6.30. The molecule has 1 fully saturated rings. The summed E-state index contributed by atoms with van der Waals surface area (Å²) < 4.78 is 5.28. The number of carbonyl (C=O) groups is 1. The van der Waals surface area contributed by atoms with E-state index in [-0.39, 0.29) is 5.91 Å². The van der Waals surface area contributed by atoms with E-state index in [0.717, 1.165) is 31.5 Å². The van der Waals surface area contributed by atoms with E-state index in [4.69, 9.17) is 16.1 Å². The zero-order chi connectivity index (χ0) is 14.8. The normalized spacial score (nSPS) is 16.2. The summed E-state index contributed by atoms with van der Waals surface area (Å²) in [6.45, 7) is 3.80. The molecule has 1 aromatic heterocycles. The van der Waals surface area contributed by atoms with Crippen molar-refractivity contribution in [2.45, 2.75) is 19.8 Å². The molecule has 0 aliphatic carbocycles. The van der Waals surface area contributed by atoms with Crippen LogP contribution in [0, 0.1) is 5.92 Å². The van der Waals surface area contributed by atoms with Gasteiger partial charge in [0.15, 0.2) is 11.5 Å². The van der Waals surface area contributed by atoms with Gasteiger partial charge in [0.25, 0.3) is 5.91 Å². The Morgan fingerprint density at radius 3 is 2.81 bits per heavy atom. The van der Waals surface area contributed by atoms with Crippen LogP contribution in [-0.4, -0.2) is 29.1 Å². The van der Waals surface area contributed by atoms with Gasteiger partial charge in [0.1, 0.15) is 0 Å². The number of benzene rings is 1. The number of hydrogen-bond donors (Lipinski definition) is 0. The van der Waals surface area contributed by atoms with Crippen molar-refractivity contribution in [3.05, 3.63) is 41.0 Å². The second kappa shape index (κ2) is 5.90. The Morgan fingerprint density at radius 2 is 2.10 bits per heavy atom. The quantitative estimate of drug-likeness (QED) is 0.846. The van der Waals surface area contributed by atoms with Crippen LogP contribution in [0.1, 0.15) is 30.3 Å². The highest BCUT2D eigenvalue weighted by Gasteiger charge is 2.24. The molecule has 2 heterocycles. The largest absolute Gasteiger partial charge is 0.355 e. The first-order chi connectivity index (χ1) is 10.1. The summed E-state index contributed by atoms with van der Waals surface area (Å²) in [4.78, 5) is 14.2. The summed E-state index contributed by atoms with van der Waals surface area (Å²) >= 11 is 5.96. The highest BCUT2D eigenvalue weighted by atomic mass is 35.5. The molecular weight excluding hydrogens is 288 g/mol. The van der Waals surface area contributed by atoms with Gasteiger partial charge in [0.05, 0.1) is 0 Å². The van der Waals surface area contributed by atoms with E-state index in [0.29, 0.717) is 22.4 Å². The van der Waals surface area contributed by atoms with Crippen LogP contribution in [0.25, 0.3) is 11.3 Å². The van der Waals surface area contributed by atoms with Crippen LogP contribution in [-0.2, 0) is 0 Å². The molecule has 5 heteroatoms. The molecule has 0 atom stereocenters. The fourth-order valence-electron chi connectivity index (χ4n) is 2.53. The molecule has 21 heavy (non-hydrogen) atoms. The van der Waals surface area contributed by atoms with Crippen LogP contribution in [0.2, 0.25) is 5.02 Å². The van der Waals surface area contributed by atoms with E-state index in [2.05, 4.69) is 12.1 Å². The molecule has 0 bridgehead atoms. The Morgan fingerprint density at radius 1 is 1.33 bits per heavy atom. The van der Waals surface area contributed by atoms with E-state index < -0.39 is 0 Å². The number of nitrogens with zero attached hydrogens (tertiary/aromatic N) is 2. The Labute approximate surface area is 128 Å². The summed E-state index contributed by atoms with van der Waals surface area (Å²) in [5.74, 6) is 1.19. The predicted molar refractivity (Wildman–Crippen MR) is 81.3 cm³/mol. The number of aromatic nitrogens is 1. The molecule has 2 aromatic rings. The molecule has 3 rings (SSSR count). The van der Waals surface area contributed by atoms with Crippen molar-refractivity contribution in [2.24, 2.45) is 5.92 Å². The maximum atomic E-state index is 12.4. The van der Waals surface area contributed by atoms with Crippen molar-refractivity contribution < 1.29 is 9.32 Å². The lowest BCUT2D eigenvalue weighted by atomic mass is 9.99. The lowest BCUT2D eigenvalue weighted by molar-refractivity contribution is 0.0687. The molecule has 0 radical (unpaired) electrons. The Hall–Kier alpha value is -1.81. The first-order valence-electron chi connectivity index (χ1n) is 7.15. The van der Waals surface area contributed by atoms with Crippen molar-refractivity contribution in [3.8, 4) is 11.3 Å². The van der Waals surface area contributed by atoms with Crippen LogP contribution in [0.5, 0.6) is 0 Å². The van der Waals surface area contributed by atoms with Crippen LogP contribution in [0.15, 0.2) is 34.9 Å². The number of likely N-dealkylation sites (tertiary alicyclic amines) is 1. The number of halogens is 1. The number of rotatable bonds is 2. The van der Waals surface area contributed by atoms with Gasteiger partial charge >= 0.3 is 0 Å². The minimum Gasteiger partial charge on any atom is -0.355 e. The van der Waals surface area contributed by atoms with Gasteiger partial charge in [-0.2, -0.15) is 0 Å². The second-order valence-electron chi connectivity index (χ2n) is 5.56.